The molecule has 2 heterocycles. The smallest absolute Gasteiger partial charge is 0.188 e. The van der Waals surface area contributed by atoms with Crippen molar-refractivity contribution >= 4 is 17.9 Å². The topological polar surface area (TPSA) is 57.2 Å². The number of piperidine rings is 1. The third kappa shape index (κ3) is 6.07. The minimum Gasteiger partial charge on any atom is -0.490 e. The van der Waals surface area contributed by atoms with Crippen molar-refractivity contribution in [2.45, 2.75) is 78.7 Å². The molecule has 4 rings (SSSR count). The number of hydrogen-bond acceptors (Lipinski definition) is 6. The van der Waals surface area contributed by atoms with Crippen LogP contribution < -0.4 is 18.9 Å². The van der Waals surface area contributed by atoms with Crippen LogP contribution in [0, 0.1) is 0 Å². The summed E-state index contributed by atoms with van der Waals surface area (Å²) < 4.78 is 23.6. The number of carbonyl (C=O) groups excluding carboxylic acids is 1. The summed E-state index contributed by atoms with van der Waals surface area (Å²) in [5.41, 5.74) is 3.49. The Morgan fingerprint density at radius 1 is 0.763 bits per heavy atom. The Morgan fingerprint density at radius 2 is 1.18 bits per heavy atom. The number of hydrogen-bond donors (Lipinski definition) is 0. The fourth-order valence-electron chi connectivity index (χ4n) is 5.31. The molecular formula is C32H41NO5. The van der Waals surface area contributed by atoms with Gasteiger partial charge in [-0.05, 0) is 109 Å². The van der Waals surface area contributed by atoms with E-state index in [0.717, 1.165) is 35.1 Å². The van der Waals surface area contributed by atoms with Crippen molar-refractivity contribution < 1.29 is 23.7 Å². The van der Waals surface area contributed by atoms with Gasteiger partial charge in [0.05, 0.1) is 25.4 Å². The van der Waals surface area contributed by atoms with E-state index < -0.39 is 0 Å². The third-order valence-corrected chi connectivity index (χ3v) is 6.84. The van der Waals surface area contributed by atoms with Gasteiger partial charge in [0.15, 0.2) is 28.8 Å². The van der Waals surface area contributed by atoms with Crippen LogP contribution >= 0.6 is 0 Å². The Morgan fingerprint density at radius 3 is 1.55 bits per heavy atom. The molecule has 2 atom stereocenters. The molecule has 0 radical (unpaired) electrons. The van der Waals surface area contributed by atoms with E-state index in [4.69, 9.17) is 18.9 Å². The van der Waals surface area contributed by atoms with E-state index in [-0.39, 0.29) is 30.1 Å². The predicted molar refractivity (Wildman–Crippen MR) is 152 cm³/mol. The molecule has 0 N–H and O–H groups in total. The van der Waals surface area contributed by atoms with Crippen LogP contribution in [0.5, 0.6) is 23.0 Å². The van der Waals surface area contributed by atoms with Crippen molar-refractivity contribution in [1.82, 2.24) is 4.90 Å². The molecule has 0 amide bonds. The molecule has 2 aliphatic rings. The number of rotatable bonds is 10. The highest BCUT2D eigenvalue weighted by molar-refractivity contribution is 6.16. The summed E-state index contributed by atoms with van der Waals surface area (Å²) >= 11 is 0. The van der Waals surface area contributed by atoms with Crippen molar-refractivity contribution in [3.05, 3.63) is 58.7 Å². The van der Waals surface area contributed by atoms with E-state index in [2.05, 4.69) is 11.9 Å². The zero-order chi connectivity index (χ0) is 27.4. The summed E-state index contributed by atoms with van der Waals surface area (Å²) in [5, 5.41) is 0. The zero-order valence-electron chi connectivity index (χ0n) is 23.7. The highest BCUT2D eigenvalue weighted by atomic mass is 16.5. The lowest BCUT2D eigenvalue weighted by Crippen LogP contribution is -2.43. The summed E-state index contributed by atoms with van der Waals surface area (Å²) in [5.74, 6) is 2.93. The second-order valence-corrected chi connectivity index (χ2v) is 10.4. The van der Waals surface area contributed by atoms with Crippen LogP contribution in [0.2, 0.25) is 0 Å². The van der Waals surface area contributed by atoms with Gasteiger partial charge in [-0.2, -0.15) is 0 Å². The molecule has 2 fully saturated rings. The molecule has 0 aromatic heterocycles. The maximum Gasteiger partial charge on any atom is 0.188 e. The SMILES string of the molecule is CCOc1cc(C=C2C(=O)C(=Cc3ccc(OC(C)C)c(OCC)c3)C3CCC2N3C)ccc1OC(C)C. The second-order valence-electron chi connectivity index (χ2n) is 10.4. The van der Waals surface area contributed by atoms with E-state index >= 15 is 0 Å². The molecule has 0 spiro atoms. The number of benzene rings is 2. The highest BCUT2D eigenvalue weighted by Gasteiger charge is 2.44. The molecule has 2 aromatic rings. The number of likely N-dealkylation sites (N-methyl/N-ethyl adjacent to an activating group) is 1. The molecule has 0 aliphatic carbocycles. The maximum absolute atomic E-state index is 13.9. The summed E-state index contributed by atoms with van der Waals surface area (Å²) in [7, 11) is 2.12. The van der Waals surface area contributed by atoms with Crippen LogP contribution in [0.15, 0.2) is 47.5 Å². The Hall–Kier alpha value is -3.25. The predicted octanol–water partition coefficient (Wildman–Crippen LogP) is 6.57. The van der Waals surface area contributed by atoms with Crippen LogP contribution in [0.25, 0.3) is 12.2 Å². The minimum atomic E-state index is 0.0457. The van der Waals surface area contributed by atoms with E-state index in [0.29, 0.717) is 36.2 Å². The Labute approximate surface area is 227 Å². The number of ketones is 1. The molecule has 38 heavy (non-hydrogen) atoms. The molecule has 6 nitrogen and oxygen atoms in total. The van der Waals surface area contributed by atoms with Gasteiger partial charge >= 0.3 is 0 Å². The van der Waals surface area contributed by atoms with Crippen LogP contribution in [-0.2, 0) is 4.79 Å². The van der Waals surface area contributed by atoms with E-state index in [1.807, 2.05) is 90.1 Å². The number of ether oxygens (including phenoxy) is 4. The first-order valence-electron chi connectivity index (χ1n) is 13.8. The molecule has 2 aliphatic heterocycles. The van der Waals surface area contributed by atoms with Gasteiger partial charge in [-0.3, -0.25) is 9.69 Å². The van der Waals surface area contributed by atoms with Gasteiger partial charge < -0.3 is 18.9 Å². The zero-order valence-corrected chi connectivity index (χ0v) is 23.7. The first-order valence-corrected chi connectivity index (χ1v) is 13.8. The van der Waals surface area contributed by atoms with Gasteiger partial charge in [-0.25, -0.2) is 0 Å². The molecule has 2 bridgehead atoms. The van der Waals surface area contributed by atoms with Crippen molar-refractivity contribution in [1.29, 1.82) is 0 Å². The first-order chi connectivity index (χ1) is 18.2. The van der Waals surface area contributed by atoms with E-state index in [1.165, 1.54) is 0 Å². The summed E-state index contributed by atoms with van der Waals surface area (Å²) in [6.07, 6.45) is 6.04. The van der Waals surface area contributed by atoms with Crippen LogP contribution in [0.1, 0.15) is 65.5 Å². The lowest BCUT2D eigenvalue weighted by Gasteiger charge is -2.34. The van der Waals surface area contributed by atoms with Crippen LogP contribution in [0.4, 0.5) is 0 Å². The van der Waals surface area contributed by atoms with Gasteiger partial charge in [0.25, 0.3) is 0 Å². The Bertz CT molecular complexity index is 1120. The van der Waals surface area contributed by atoms with Gasteiger partial charge in [-0.1, -0.05) is 12.1 Å². The van der Waals surface area contributed by atoms with Crippen molar-refractivity contribution in [2.75, 3.05) is 20.3 Å². The second kappa shape index (κ2) is 12.1. The van der Waals surface area contributed by atoms with Gasteiger partial charge in [0.1, 0.15) is 0 Å². The van der Waals surface area contributed by atoms with Crippen molar-refractivity contribution in [2.24, 2.45) is 0 Å². The summed E-state index contributed by atoms with van der Waals surface area (Å²) in [6, 6.07) is 12.0. The normalized spacial score (nSPS) is 21.6. The quantitative estimate of drug-likeness (QED) is 0.331. The average Bonchev–Trinajstić information content (AvgIpc) is 3.17. The molecule has 2 saturated heterocycles. The maximum atomic E-state index is 13.9. The van der Waals surface area contributed by atoms with Gasteiger partial charge in [0.2, 0.25) is 0 Å². The molecule has 6 heteroatoms. The first kappa shape index (κ1) is 27.8. The molecule has 204 valence electrons. The Kier molecular flexibility index (Phi) is 8.83. The van der Waals surface area contributed by atoms with Gasteiger partial charge in [-0.15, -0.1) is 0 Å². The summed E-state index contributed by atoms with van der Waals surface area (Å²) in [4.78, 5) is 16.2. The fraction of sp³-hybridized carbons (Fsp3) is 0.469. The minimum absolute atomic E-state index is 0.0457. The lowest BCUT2D eigenvalue weighted by atomic mass is 9.88. The largest absolute Gasteiger partial charge is 0.490 e. The fourth-order valence-corrected chi connectivity index (χ4v) is 5.31. The molecule has 2 unspecified atom stereocenters. The lowest BCUT2D eigenvalue weighted by molar-refractivity contribution is -0.114. The number of Topliss-reactive ketones (excluding diaryl/α,β-unsaturated/α-hetero) is 1. The number of carbonyl (C=O) groups is 1. The van der Waals surface area contributed by atoms with Gasteiger partial charge in [0, 0.05) is 23.2 Å². The van der Waals surface area contributed by atoms with Crippen molar-refractivity contribution in [3.63, 3.8) is 0 Å². The van der Waals surface area contributed by atoms with Crippen LogP contribution in [0.3, 0.4) is 0 Å². The molecular weight excluding hydrogens is 478 g/mol. The molecule has 0 saturated carbocycles. The Balaban J connectivity index is 1.70. The standard InChI is InChI=1S/C32H41NO5/c1-8-35-30-18-22(10-14-28(30)37-20(3)4)16-24-26-12-13-27(33(26)7)25(32(24)34)17-23-11-15-29(38-21(5)6)31(19-23)36-9-2/h10-11,14-21,26-27H,8-9,12-13H2,1-7H3. The molecule has 2 aromatic carbocycles. The summed E-state index contributed by atoms with van der Waals surface area (Å²) in [6.45, 7) is 13.0. The monoisotopic (exact) mass is 519 g/mol. The van der Waals surface area contributed by atoms with Crippen molar-refractivity contribution in [3.8, 4) is 23.0 Å². The highest BCUT2D eigenvalue weighted by Crippen LogP contribution is 2.41. The van der Waals surface area contributed by atoms with Crippen LogP contribution in [-0.4, -0.2) is 55.2 Å². The number of fused-ring (bicyclic) bond motifs is 2. The average molecular weight is 520 g/mol. The third-order valence-electron chi connectivity index (χ3n) is 6.84. The van der Waals surface area contributed by atoms with E-state index in [9.17, 15) is 4.79 Å². The number of nitrogens with zero attached hydrogens (tertiary/aromatic N) is 1. The van der Waals surface area contributed by atoms with E-state index in [1.54, 1.807) is 0 Å².